The molecule has 0 radical (unpaired) electrons. The second kappa shape index (κ2) is 7.38. The third-order valence-electron chi connectivity index (χ3n) is 1.21. The summed E-state index contributed by atoms with van der Waals surface area (Å²) < 4.78 is 9.01. The monoisotopic (exact) mass is 212 g/mol. The molecule has 0 atom stereocenters. The number of ether oxygens (including phenoxy) is 2. The average Bonchev–Trinajstić information content (AvgIpc) is 2.19. The van der Waals surface area contributed by atoms with Gasteiger partial charge in [-0.15, -0.1) is 0 Å². The van der Waals surface area contributed by atoms with Crippen LogP contribution in [0.4, 0.5) is 4.79 Å². The molecule has 0 bridgehead atoms. The fourth-order valence-electron chi connectivity index (χ4n) is 0.606. The normalized spacial score (nSPS) is 10.1. The van der Waals surface area contributed by atoms with Crippen LogP contribution in [0.15, 0.2) is 11.8 Å². The predicted octanol–water partition coefficient (Wildman–Crippen LogP) is 0.703. The largest absolute Gasteiger partial charge is 0.500 e. The first-order valence-electron chi connectivity index (χ1n) is 4.37. The lowest BCUT2D eigenvalue weighted by Gasteiger charge is -2.02. The van der Waals surface area contributed by atoms with Gasteiger partial charge in [0.2, 0.25) is 0 Å². The van der Waals surface area contributed by atoms with Gasteiger partial charge >= 0.3 is 12.1 Å². The number of rotatable bonds is 4. The molecule has 0 spiro atoms. The highest BCUT2D eigenvalue weighted by atomic mass is 16.6. The van der Waals surface area contributed by atoms with Crippen molar-refractivity contribution < 1.29 is 19.1 Å². The number of amides is 1. The first kappa shape index (κ1) is 13.0. The molecular formula is C9H12N2O4. The summed E-state index contributed by atoms with van der Waals surface area (Å²) in [5.74, 6) is -1.03. The minimum Gasteiger partial charge on any atom is -0.500 e. The molecule has 6 heteroatoms. The van der Waals surface area contributed by atoms with Crippen LogP contribution in [-0.4, -0.2) is 25.2 Å². The van der Waals surface area contributed by atoms with Gasteiger partial charge in [-0.05, 0) is 13.8 Å². The highest BCUT2D eigenvalue weighted by molar-refractivity contribution is 5.98. The van der Waals surface area contributed by atoms with Crippen molar-refractivity contribution in [2.75, 3.05) is 13.2 Å². The highest BCUT2D eigenvalue weighted by Gasteiger charge is 2.15. The van der Waals surface area contributed by atoms with Crippen LogP contribution < -0.4 is 5.32 Å². The Bertz CT molecular complexity index is 304. The molecule has 6 nitrogen and oxygen atoms in total. The minimum atomic E-state index is -1.03. The Labute approximate surface area is 87.5 Å². The summed E-state index contributed by atoms with van der Waals surface area (Å²) in [6, 6.07) is 1.57. The summed E-state index contributed by atoms with van der Waals surface area (Å²) in [7, 11) is 0. The van der Waals surface area contributed by atoms with Crippen molar-refractivity contribution in [3.63, 3.8) is 0 Å². The van der Waals surface area contributed by atoms with Crippen LogP contribution in [0, 0.1) is 11.3 Å². The summed E-state index contributed by atoms with van der Waals surface area (Å²) in [6.45, 7) is 4.02. The molecule has 82 valence electrons. The zero-order chi connectivity index (χ0) is 11.7. The molecule has 0 aliphatic carbocycles. The Morgan fingerprint density at radius 3 is 2.60 bits per heavy atom. The minimum absolute atomic E-state index is 0.319. The van der Waals surface area contributed by atoms with Gasteiger partial charge in [-0.3, -0.25) is 0 Å². The molecule has 0 aromatic heterocycles. The molecule has 0 unspecified atom stereocenters. The third kappa shape index (κ3) is 5.31. The van der Waals surface area contributed by atoms with Crippen molar-refractivity contribution in [3.8, 4) is 6.07 Å². The Balaban J connectivity index is 4.30. The number of esters is 1. The van der Waals surface area contributed by atoms with E-state index in [1.54, 1.807) is 19.9 Å². The van der Waals surface area contributed by atoms with Crippen molar-refractivity contribution in [1.82, 2.24) is 5.32 Å². The van der Waals surface area contributed by atoms with Gasteiger partial charge in [-0.25, -0.2) is 9.59 Å². The molecule has 0 saturated heterocycles. The van der Waals surface area contributed by atoms with Crippen molar-refractivity contribution in [2.24, 2.45) is 0 Å². The third-order valence-corrected chi connectivity index (χ3v) is 1.21. The summed E-state index contributed by atoms with van der Waals surface area (Å²) in [5.41, 5.74) is -0.358. The smallest absolute Gasteiger partial charge is 0.415 e. The topological polar surface area (TPSA) is 88.4 Å². The van der Waals surface area contributed by atoms with E-state index in [1.165, 1.54) is 0 Å². The van der Waals surface area contributed by atoms with Crippen LogP contribution in [0.3, 0.4) is 0 Å². The van der Waals surface area contributed by atoms with Crippen LogP contribution in [0.2, 0.25) is 0 Å². The van der Waals surface area contributed by atoms with Gasteiger partial charge in [-0.1, -0.05) is 0 Å². The van der Waals surface area contributed by atoms with Gasteiger partial charge in [0, 0.05) is 6.54 Å². The zero-order valence-corrected chi connectivity index (χ0v) is 8.57. The molecule has 0 aromatic carbocycles. The van der Waals surface area contributed by atoms with Crippen LogP contribution in [0.1, 0.15) is 13.8 Å². The number of nitrogens with one attached hydrogen (secondary N) is 1. The van der Waals surface area contributed by atoms with Gasteiger partial charge in [-0.2, -0.15) is 5.26 Å². The molecule has 0 fully saturated rings. The van der Waals surface area contributed by atoms with Gasteiger partial charge in [0.05, 0.1) is 6.61 Å². The number of nitriles is 1. The van der Waals surface area contributed by atoms with E-state index in [0.717, 1.165) is 6.26 Å². The Morgan fingerprint density at radius 1 is 1.47 bits per heavy atom. The fourth-order valence-corrected chi connectivity index (χ4v) is 0.606. The Morgan fingerprint density at radius 2 is 2.13 bits per heavy atom. The van der Waals surface area contributed by atoms with Crippen molar-refractivity contribution in [3.05, 3.63) is 11.8 Å². The zero-order valence-electron chi connectivity index (χ0n) is 8.57. The molecule has 0 rings (SSSR count). The fraction of sp³-hybridized carbons (Fsp3) is 0.444. The van der Waals surface area contributed by atoms with Crippen molar-refractivity contribution in [1.29, 1.82) is 5.26 Å². The first-order chi connectivity index (χ1) is 7.15. The van der Waals surface area contributed by atoms with E-state index in [-0.39, 0.29) is 5.57 Å². The van der Waals surface area contributed by atoms with Crippen LogP contribution in [0.5, 0.6) is 0 Å². The van der Waals surface area contributed by atoms with E-state index in [4.69, 9.17) is 10.00 Å². The van der Waals surface area contributed by atoms with E-state index in [2.05, 4.69) is 10.1 Å². The number of carbonyl (C=O) groups is 2. The van der Waals surface area contributed by atoms with Gasteiger partial charge in [0.15, 0.2) is 5.57 Å². The number of hydrogen-bond donors (Lipinski definition) is 1. The maximum atomic E-state index is 11.1. The van der Waals surface area contributed by atoms with Gasteiger partial charge in [0.25, 0.3) is 0 Å². The Kier molecular flexibility index (Phi) is 6.38. The van der Waals surface area contributed by atoms with E-state index in [1.807, 2.05) is 0 Å². The SMILES string of the molecule is CCNC(=O)OC(=O)C(C#N)=COCC. The first-order valence-corrected chi connectivity index (χ1v) is 4.37. The van der Waals surface area contributed by atoms with Gasteiger partial charge < -0.3 is 14.8 Å². The molecule has 0 aliphatic heterocycles. The molecule has 0 aliphatic rings. The summed E-state index contributed by atoms with van der Waals surface area (Å²) in [6.07, 6.45) is 0.0711. The molecule has 1 N–H and O–H groups in total. The Hall–Kier alpha value is -2.03. The average molecular weight is 212 g/mol. The lowest BCUT2D eigenvalue weighted by molar-refractivity contribution is -0.132. The predicted molar refractivity (Wildman–Crippen MR) is 50.5 cm³/mol. The van der Waals surface area contributed by atoms with Crippen molar-refractivity contribution >= 4 is 12.1 Å². The molecule has 0 heterocycles. The standard InChI is InChI=1S/C9H12N2O4/c1-3-11-9(13)15-8(12)7(5-10)6-14-4-2/h6H,3-4H2,1-2H3,(H,11,13). The van der Waals surface area contributed by atoms with E-state index < -0.39 is 12.1 Å². The maximum absolute atomic E-state index is 11.1. The second-order valence-electron chi connectivity index (χ2n) is 2.31. The molecule has 1 amide bonds. The lowest BCUT2D eigenvalue weighted by Crippen LogP contribution is -2.26. The van der Waals surface area contributed by atoms with Crippen molar-refractivity contribution in [2.45, 2.75) is 13.8 Å². The lowest BCUT2D eigenvalue weighted by atomic mass is 10.3. The molecule has 0 aromatic rings. The number of alkyl carbamates (subject to hydrolysis) is 1. The highest BCUT2D eigenvalue weighted by Crippen LogP contribution is 1.97. The molecule has 15 heavy (non-hydrogen) atoms. The van der Waals surface area contributed by atoms with E-state index in [0.29, 0.717) is 13.2 Å². The second-order valence-corrected chi connectivity index (χ2v) is 2.31. The maximum Gasteiger partial charge on any atom is 0.415 e. The number of hydrogen-bond acceptors (Lipinski definition) is 5. The van der Waals surface area contributed by atoms with Crippen LogP contribution in [0.25, 0.3) is 0 Å². The quantitative estimate of drug-likeness (QED) is 0.243. The summed E-state index contributed by atoms with van der Waals surface area (Å²) >= 11 is 0. The summed E-state index contributed by atoms with van der Waals surface area (Å²) in [5, 5.41) is 10.8. The summed E-state index contributed by atoms with van der Waals surface area (Å²) in [4.78, 5) is 21.9. The van der Waals surface area contributed by atoms with Crippen LogP contribution in [-0.2, 0) is 14.3 Å². The van der Waals surface area contributed by atoms with Gasteiger partial charge in [0.1, 0.15) is 12.3 Å². The van der Waals surface area contributed by atoms with Crippen LogP contribution >= 0.6 is 0 Å². The molecule has 0 saturated carbocycles. The number of nitrogens with zero attached hydrogens (tertiary/aromatic N) is 1. The van der Waals surface area contributed by atoms with E-state index in [9.17, 15) is 9.59 Å². The molecular weight excluding hydrogens is 200 g/mol. The van der Waals surface area contributed by atoms with E-state index >= 15 is 0 Å². The number of carbonyl (C=O) groups excluding carboxylic acids is 2.